The Hall–Kier alpha value is -4.17. The first kappa shape index (κ1) is 28.1. The number of amidine groups is 2. The summed E-state index contributed by atoms with van der Waals surface area (Å²) in [6.07, 6.45) is 0. The third-order valence-electron chi connectivity index (χ3n) is 5.35. The maximum absolute atomic E-state index is 12.9. The Labute approximate surface area is 217 Å². The van der Waals surface area contributed by atoms with Crippen LogP contribution in [0.1, 0.15) is 37.4 Å². The van der Waals surface area contributed by atoms with Crippen molar-refractivity contribution in [2.24, 2.45) is 9.98 Å². The summed E-state index contributed by atoms with van der Waals surface area (Å²) in [5.41, 5.74) is 4.74. The van der Waals surface area contributed by atoms with Crippen LogP contribution >= 0.6 is 12.4 Å². The molecule has 0 aliphatic carbocycles. The third kappa shape index (κ3) is 6.93. The average Bonchev–Trinajstić information content (AvgIpc) is 2.87. The summed E-state index contributed by atoms with van der Waals surface area (Å²) in [4.78, 5) is 34.1. The van der Waals surface area contributed by atoms with Crippen LogP contribution in [0.3, 0.4) is 0 Å². The first-order valence-corrected chi connectivity index (χ1v) is 11.1. The van der Waals surface area contributed by atoms with Crippen molar-refractivity contribution in [1.29, 1.82) is 0 Å². The quantitative estimate of drug-likeness (QED) is 0.298. The van der Waals surface area contributed by atoms with E-state index in [1.165, 1.54) is 0 Å². The number of nitrogens with zero attached hydrogens (tertiary/aromatic N) is 2. The van der Waals surface area contributed by atoms with E-state index in [0.717, 1.165) is 28.4 Å². The summed E-state index contributed by atoms with van der Waals surface area (Å²) in [7, 11) is 7.03. The fourth-order valence-electron chi connectivity index (χ4n) is 3.65. The molecule has 0 radical (unpaired) electrons. The lowest BCUT2D eigenvalue weighted by Gasteiger charge is -2.11. The Morgan fingerprint density at radius 1 is 0.611 bits per heavy atom. The molecular weight excluding hydrogens is 476 g/mol. The number of anilines is 2. The number of aliphatic imine (C=N–C) groups is 2. The maximum atomic E-state index is 12.9. The number of rotatable bonds is 6. The van der Waals surface area contributed by atoms with Crippen molar-refractivity contribution in [3.63, 3.8) is 0 Å². The summed E-state index contributed by atoms with van der Waals surface area (Å²) in [6.45, 7) is 1.85. The minimum atomic E-state index is -0.295. The monoisotopic (exact) mass is 506 g/mol. The van der Waals surface area contributed by atoms with Gasteiger partial charge in [-0.05, 0) is 79.2 Å². The average molecular weight is 507 g/mol. The number of aryl methyl sites for hydroxylation is 1. The van der Waals surface area contributed by atoms with E-state index in [-0.39, 0.29) is 24.2 Å². The molecule has 3 aromatic carbocycles. The molecule has 3 aromatic rings. The Bertz CT molecular complexity index is 1170. The topological polar surface area (TPSA) is 107 Å². The first-order chi connectivity index (χ1) is 16.9. The smallest absolute Gasteiger partial charge is 0.255 e. The van der Waals surface area contributed by atoms with E-state index in [1.54, 1.807) is 46.4 Å². The fourth-order valence-corrected chi connectivity index (χ4v) is 3.65. The molecule has 0 spiro atoms. The van der Waals surface area contributed by atoms with Gasteiger partial charge in [-0.25, -0.2) is 0 Å². The van der Waals surface area contributed by atoms with Crippen LogP contribution in [0.15, 0.2) is 76.7 Å². The van der Waals surface area contributed by atoms with Gasteiger partial charge in [-0.1, -0.05) is 0 Å². The Balaban J connectivity index is 0.00000456. The highest BCUT2D eigenvalue weighted by atomic mass is 35.5. The van der Waals surface area contributed by atoms with Crippen molar-refractivity contribution in [3.8, 4) is 0 Å². The minimum Gasteiger partial charge on any atom is -0.373 e. The van der Waals surface area contributed by atoms with Gasteiger partial charge in [0.1, 0.15) is 11.7 Å². The third-order valence-corrected chi connectivity index (χ3v) is 5.35. The molecule has 0 aliphatic rings. The molecule has 0 bridgehead atoms. The molecule has 0 saturated carbocycles. The predicted molar refractivity (Wildman–Crippen MR) is 150 cm³/mol. The van der Waals surface area contributed by atoms with E-state index >= 15 is 0 Å². The SMILES string of the molecule is CN=C(NC)c1ccc(NC(=O)c2cc(C)cc(C(=O)Nc3ccc(C(=NC)NC)cc3)c2)cc1.Cl. The number of carbonyl (C=O) groups excluding carboxylic acids is 2. The molecule has 0 unspecified atom stereocenters. The minimum absolute atomic E-state index is 0. The summed E-state index contributed by atoms with van der Waals surface area (Å²) in [5.74, 6) is 0.924. The number of nitrogens with one attached hydrogen (secondary N) is 4. The maximum Gasteiger partial charge on any atom is 0.255 e. The van der Waals surface area contributed by atoms with Gasteiger partial charge in [0.25, 0.3) is 11.8 Å². The van der Waals surface area contributed by atoms with E-state index < -0.39 is 0 Å². The molecule has 188 valence electrons. The lowest BCUT2D eigenvalue weighted by Crippen LogP contribution is -2.19. The van der Waals surface area contributed by atoms with E-state index in [2.05, 4.69) is 31.3 Å². The highest BCUT2D eigenvalue weighted by molar-refractivity contribution is 6.09. The molecule has 8 nitrogen and oxygen atoms in total. The zero-order valence-corrected chi connectivity index (χ0v) is 21.8. The molecule has 0 heterocycles. The second-order valence-electron chi connectivity index (χ2n) is 7.80. The highest BCUT2D eigenvalue weighted by Crippen LogP contribution is 2.17. The molecule has 36 heavy (non-hydrogen) atoms. The van der Waals surface area contributed by atoms with Crippen LogP contribution < -0.4 is 21.3 Å². The Morgan fingerprint density at radius 2 is 0.972 bits per heavy atom. The van der Waals surface area contributed by atoms with Crippen LogP contribution in [0.25, 0.3) is 0 Å². The van der Waals surface area contributed by atoms with Gasteiger partial charge < -0.3 is 21.3 Å². The molecule has 0 fully saturated rings. The molecule has 2 amide bonds. The second-order valence-corrected chi connectivity index (χ2v) is 7.80. The predicted octanol–water partition coefficient (Wildman–Crippen LogP) is 4.11. The summed E-state index contributed by atoms with van der Waals surface area (Å²) >= 11 is 0. The largest absolute Gasteiger partial charge is 0.373 e. The normalized spacial score (nSPS) is 11.2. The molecule has 0 aliphatic heterocycles. The fraction of sp³-hybridized carbons (Fsp3) is 0.185. The number of hydrogen-bond acceptors (Lipinski definition) is 4. The van der Waals surface area contributed by atoms with Gasteiger partial charge in [0.05, 0.1) is 0 Å². The molecule has 0 saturated heterocycles. The van der Waals surface area contributed by atoms with Crippen LogP contribution in [0, 0.1) is 6.92 Å². The van der Waals surface area contributed by atoms with Crippen LogP contribution in [0.2, 0.25) is 0 Å². The summed E-state index contributed by atoms with van der Waals surface area (Å²) < 4.78 is 0. The molecule has 3 rings (SSSR count). The van der Waals surface area contributed by atoms with E-state index in [9.17, 15) is 9.59 Å². The van der Waals surface area contributed by atoms with Crippen LogP contribution in [-0.2, 0) is 0 Å². The Morgan fingerprint density at radius 3 is 1.28 bits per heavy atom. The van der Waals surface area contributed by atoms with E-state index in [1.807, 2.05) is 55.5 Å². The number of carbonyl (C=O) groups is 2. The van der Waals surface area contributed by atoms with Crippen molar-refractivity contribution in [2.45, 2.75) is 6.92 Å². The van der Waals surface area contributed by atoms with Gasteiger partial charge in [0, 0.05) is 61.8 Å². The molecular formula is C27H31ClN6O2. The van der Waals surface area contributed by atoms with Crippen molar-refractivity contribution in [1.82, 2.24) is 10.6 Å². The van der Waals surface area contributed by atoms with Gasteiger partial charge in [0.15, 0.2) is 0 Å². The zero-order valence-electron chi connectivity index (χ0n) is 21.0. The van der Waals surface area contributed by atoms with Crippen LogP contribution in [-0.4, -0.2) is 51.7 Å². The van der Waals surface area contributed by atoms with Crippen LogP contribution in [0.5, 0.6) is 0 Å². The van der Waals surface area contributed by atoms with Gasteiger partial charge >= 0.3 is 0 Å². The summed E-state index contributed by atoms with van der Waals surface area (Å²) in [5, 5.41) is 11.8. The molecule has 4 N–H and O–H groups in total. The molecule has 0 atom stereocenters. The number of halogens is 1. The first-order valence-electron chi connectivity index (χ1n) is 11.1. The lowest BCUT2D eigenvalue weighted by molar-refractivity contribution is 0.102. The lowest BCUT2D eigenvalue weighted by atomic mass is 10.0. The van der Waals surface area contributed by atoms with Crippen molar-refractivity contribution in [2.75, 3.05) is 38.8 Å². The second kappa shape index (κ2) is 13.1. The van der Waals surface area contributed by atoms with Crippen molar-refractivity contribution in [3.05, 3.63) is 94.5 Å². The van der Waals surface area contributed by atoms with E-state index in [0.29, 0.717) is 22.5 Å². The van der Waals surface area contributed by atoms with Gasteiger partial charge in [-0.15, -0.1) is 12.4 Å². The van der Waals surface area contributed by atoms with Gasteiger partial charge in [-0.2, -0.15) is 0 Å². The standard InChI is InChI=1S/C27H30N6O2.ClH/c1-17-14-20(26(34)32-22-10-6-18(7-11-22)24(28-2)29-3)16-21(15-17)27(35)33-23-12-8-19(9-13-23)25(30-4)31-5;/h6-16H,1-5H3,(H,28,29)(H,30,31)(H,32,34)(H,33,35);1H. The van der Waals surface area contributed by atoms with Crippen molar-refractivity contribution < 1.29 is 9.59 Å². The van der Waals surface area contributed by atoms with Crippen LogP contribution in [0.4, 0.5) is 11.4 Å². The number of hydrogen-bond donors (Lipinski definition) is 4. The number of amides is 2. The highest BCUT2D eigenvalue weighted by Gasteiger charge is 2.13. The van der Waals surface area contributed by atoms with Gasteiger partial charge in [0.2, 0.25) is 0 Å². The van der Waals surface area contributed by atoms with E-state index in [4.69, 9.17) is 0 Å². The molecule has 9 heteroatoms. The number of benzene rings is 3. The Kier molecular flexibility index (Phi) is 10.2. The van der Waals surface area contributed by atoms with Gasteiger partial charge in [-0.3, -0.25) is 19.6 Å². The molecule has 0 aromatic heterocycles. The summed E-state index contributed by atoms with van der Waals surface area (Å²) in [6, 6.07) is 19.8. The van der Waals surface area contributed by atoms with Crippen molar-refractivity contribution >= 4 is 47.3 Å². The zero-order chi connectivity index (χ0) is 25.4.